The van der Waals surface area contributed by atoms with E-state index in [1.807, 2.05) is 0 Å². The Morgan fingerprint density at radius 2 is 1.86 bits per heavy atom. The quantitative estimate of drug-likeness (QED) is 0.540. The average Bonchev–Trinajstić information content (AvgIpc) is 2.54. The molecule has 5 heteroatoms. The molecule has 1 saturated carbocycles. The van der Waals surface area contributed by atoms with E-state index in [1.54, 1.807) is 0 Å². The first-order chi connectivity index (χ1) is 10.7. The topological polar surface area (TPSA) is 44.8 Å². The second-order valence-electron chi connectivity index (χ2n) is 6.37. The van der Waals surface area contributed by atoms with Crippen molar-refractivity contribution in [2.24, 2.45) is 17.8 Å². The van der Waals surface area contributed by atoms with Gasteiger partial charge in [0.05, 0.1) is 13.2 Å². The number of rotatable bonds is 6. The Labute approximate surface area is 138 Å². The molecule has 126 valence electrons. The van der Waals surface area contributed by atoms with E-state index in [1.165, 1.54) is 44.9 Å². The van der Waals surface area contributed by atoms with E-state index >= 15 is 0 Å². The van der Waals surface area contributed by atoms with Crippen LogP contribution >= 0.6 is 11.6 Å². The molecular weight excluding hydrogens is 304 g/mol. The van der Waals surface area contributed by atoms with Gasteiger partial charge in [-0.3, -0.25) is 0 Å². The first-order valence-corrected chi connectivity index (χ1v) is 8.87. The molecular formula is C17H27ClO4. The molecule has 2 fully saturated rings. The van der Waals surface area contributed by atoms with Crippen LogP contribution in [-0.4, -0.2) is 25.7 Å². The molecule has 0 aromatic rings. The summed E-state index contributed by atoms with van der Waals surface area (Å²) in [4.78, 5) is 11.3. The minimum absolute atomic E-state index is 0.422. The molecule has 2 aliphatic rings. The summed E-state index contributed by atoms with van der Waals surface area (Å²) in [5, 5.41) is 0. The maximum absolute atomic E-state index is 11.3. The predicted molar refractivity (Wildman–Crippen MR) is 85.2 cm³/mol. The smallest absolute Gasteiger partial charge is 0.335 e. The van der Waals surface area contributed by atoms with Crippen LogP contribution in [0.5, 0.6) is 0 Å². The lowest BCUT2D eigenvalue weighted by atomic mass is 9.75. The zero-order valence-electron chi connectivity index (χ0n) is 13.3. The Kier molecular flexibility index (Phi) is 7.70. The van der Waals surface area contributed by atoms with Crippen molar-refractivity contribution in [3.63, 3.8) is 0 Å². The van der Waals surface area contributed by atoms with E-state index in [-0.39, 0.29) is 0 Å². The van der Waals surface area contributed by atoms with Crippen LogP contribution in [0.25, 0.3) is 0 Å². The zero-order chi connectivity index (χ0) is 15.8. The van der Waals surface area contributed by atoms with Crippen LogP contribution in [0, 0.1) is 17.8 Å². The van der Waals surface area contributed by atoms with Gasteiger partial charge in [0, 0.05) is 17.5 Å². The van der Waals surface area contributed by atoms with E-state index in [2.05, 4.69) is 6.92 Å². The van der Waals surface area contributed by atoms with E-state index in [0.717, 1.165) is 17.5 Å². The largest absolute Gasteiger partial charge is 0.407 e. The van der Waals surface area contributed by atoms with Gasteiger partial charge in [-0.15, -0.1) is 0 Å². The van der Waals surface area contributed by atoms with Crippen molar-refractivity contribution >= 4 is 17.6 Å². The summed E-state index contributed by atoms with van der Waals surface area (Å²) in [7, 11) is 0. The van der Waals surface area contributed by atoms with Crippen LogP contribution in [0.1, 0.15) is 51.9 Å². The Bertz CT molecular complexity index is 356. The molecule has 0 aromatic heterocycles. The Balaban J connectivity index is 1.66. The zero-order valence-corrected chi connectivity index (χ0v) is 14.1. The number of unbranched alkanes of at least 4 members (excludes halogenated alkanes) is 1. The van der Waals surface area contributed by atoms with Crippen molar-refractivity contribution in [2.45, 2.75) is 58.3 Å². The minimum atomic E-state index is -0.891. The highest BCUT2D eigenvalue weighted by Crippen LogP contribution is 2.37. The lowest BCUT2D eigenvalue weighted by Crippen LogP contribution is -2.39. The molecule has 22 heavy (non-hydrogen) atoms. The van der Waals surface area contributed by atoms with E-state index in [9.17, 15) is 4.79 Å². The number of carbonyl (C=O) groups excluding carboxylic acids is 1. The van der Waals surface area contributed by atoms with Gasteiger partial charge in [-0.05, 0) is 24.7 Å². The normalized spacial score (nSPS) is 33.0. The summed E-state index contributed by atoms with van der Waals surface area (Å²) in [5.74, 6) is 1.47. The SMILES string of the molecule is CCCCC1CCC(C2COC(OC(=O)C=CCl)OC2)CC1. The van der Waals surface area contributed by atoms with Crippen LogP contribution in [-0.2, 0) is 19.0 Å². The van der Waals surface area contributed by atoms with Gasteiger partial charge in [0.2, 0.25) is 0 Å². The van der Waals surface area contributed by atoms with E-state index in [4.69, 9.17) is 25.8 Å². The monoisotopic (exact) mass is 330 g/mol. The second-order valence-corrected chi connectivity index (χ2v) is 6.62. The minimum Gasteiger partial charge on any atom is -0.407 e. The van der Waals surface area contributed by atoms with Crippen molar-refractivity contribution in [2.75, 3.05) is 13.2 Å². The molecule has 2 rings (SSSR count). The van der Waals surface area contributed by atoms with Crippen LogP contribution in [0.2, 0.25) is 0 Å². The molecule has 1 aliphatic heterocycles. The molecule has 0 radical (unpaired) electrons. The van der Waals surface area contributed by atoms with Crippen molar-refractivity contribution < 1.29 is 19.0 Å². The maximum Gasteiger partial charge on any atom is 0.335 e. The number of halogens is 1. The summed E-state index contributed by atoms with van der Waals surface area (Å²) in [6.45, 7) is 2.58. The summed E-state index contributed by atoms with van der Waals surface area (Å²) in [6.07, 6.45) is 10.4. The number of hydrogen-bond donors (Lipinski definition) is 0. The summed E-state index contributed by atoms with van der Waals surface area (Å²) >= 11 is 5.32. The average molecular weight is 331 g/mol. The van der Waals surface area contributed by atoms with Crippen LogP contribution in [0.4, 0.5) is 0 Å². The lowest BCUT2D eigenvalue weighted by molar-refractivity contribution is -0.311. The molecule has 1 aliphatic carbocycles. The molecule has 0 amide bonds. The van der Waals surface area contributed by atoms with Gasteiger partial charge in [-0.2, -0.15) is 0 Å². The summed E-state index contributed by atoms with van der Waals surface area (Å²) in [6, 6.07) is 0. The van der Waals surface area contributed by atoms with Crippen LogP contribution in [0.3, 0.4) is 0 Å². The highest BCUT2D eigenvalue weighted by Gasteiger charge is 2.32. The Hall–Kier alpha value is -0.580. The van der Waals surface area contributed by atoms with Crippen LogP contribution in [0.15, 0.2) is 11.6 Å². The van der Waals surface area contributed by atoms with Gasteiger partial charge in [0.25, 0.3) is 0 Å². The number of carbonyl (C=O) groups is 1. The first kappa shape index (κ1) is 17.8. The highest BCUT2D eigenvalue weighted by atomic mass is 35.5. The predicted octanol–water partition coefficient (Wildman–Crippen LogP) is 4.23. The fourth-order valence-corrected chi connectivity index (χ4v) is 3.57. The third-order valence-corrected chi connectivity index (χ3v) is 4.95. The van der Waals surface area contributed by atoms with Gasteiger partial charge in [0.15, 0.2) is 0 Å². The lowest BCUT2D eigenvalue weighted by Gasteiger charge is -2.37. The molecule has 0 atom stereocenters. The first-order valence-electron chi connectivity index (χ1n) is 8.43. The molecule has 0 N–H and O–H groups in total. The van der Waals surface area contributed by atoms with Crippen molar-refractivity contribution in [3.8, 4) is 0 Å². The molecule has 0 spiro atoms. The number of ether oxygens (including phenoxy) is 3. The van der Waals surface area contributed by atoms with Gasteiger partial charge >= 0.3 is 12.4 Å². The summed E-state index contributed by atoms with van der Waals surface area (Å²) < 4.78 is 16.0. The third-order valence-electron chi connectivity index (χ3n) is 4.83. The second kappa shape index (κ2) is 9.53. The fraction of sp³-hybridized carbons (Fsp3) is 0.824. The summed E-state index contributed by atoms with van der Waals surface area (Å²) in [5.41, 5.74) is 1.12. The molecule has 0 aromatic carbocycles. The van der Waals surface area contributed by atoms with E-state index < -0.39 is 12.4 Å². The number of hydrogen-bond acceptors (Lipinski definition) is 4. The molecule has 1 saturated heterocycles. The standard InChI is InChI=1S/C17H27ClO4/c1-2-3-4-13-5-7-14(8-6-13)15-11-20-17(21-12-15)22-16(19)9-10-18/h9-10,13-15,17H,2-8,11-12H2,1H3. The van der Waals surface area contributed by atoms with Gasteiger partial charge in [-0.25, -0.2) is 4.79 Å². The van der Waals surface area contributed by atoms with Gasteiger partial charge < -0.3 is 14.2 Å². The van der Waals surface area contributed by atoms with Crippen molar-refractivity contribution in [1.29, 1.82) is 0 Å². The van der Waals surface area contributed by atoms with Crippen molar-refractivity contribution in [3.05, 3.63) is 11.6 Å². The third kappa shape index (κ3) is 5.56. The fourth-order valence-electron chi connectivity index (χ4n) is 3.47. The highest BCUT2D eigenvalue weighted by molar-refractivity contribution is 6.26. The number of esters is 1. The van der Waals surface area contributed by atoms with Crippen LogP contribution < -0.4 is 0 Å². The molecule has 4 nitrogen and oxygen atoms in total. The molecule has 0 unspecified atom stereocenters. The van der Waals surface area contributed by atoms with Crippen molar-refractivity contribution in [1.82, 2.24) is 0 Å². The Morgan fingerprint density at radius 1 is 1.18 bits per heavy atom. The van der Waals surface area contributed by atoms with E-state index in [0.29, 0.717) is 25.0 Å². The van der Waals surface area contributed by atoms with Gasteiger partial charge in [-0.1, -0.05) is 50.6 Å². The Morgan fingerprint density at radius 3 is 2.45 bits per heavy atom. The molecule has 1 heterocycles. The van der Waals surface area contributed by atoms with Gasteiger partial charge in [0.1, 0.15) is 0 Å². The molecule has 0 bridgehead atoms. The maximum atomic E-state index is 11.3.